The number of rotatable bonds is 2. The van der Waals surface area contributed by atoms with Crippen molar-refractivity contribution in [3.8, 4) is 11.3 Å². The molecule has 1 saturated heterocycles. The van der Waals surface area contributed by atoms with E-state index in [0.717, 1.165) is 27.2 Å². The second kappa shape index (κ2) is 7.27. The normalized spacial score (nSPS) is 17.5. The van der Waals surface area contributed by atoms with Crippen LogP contribution in [0.2, 0.25) is 0 Å². The summed E-state index contributed by atoms with van der Waals surface area (Å²) in [6, 6.07) is 5.17. The van der Waals surface area contributed by atoms with Crippen LogP contribution < -0.4 is 0 Å². The van der Waals surface area contributed by atoms with Crippen molar-refractivity contribution in [1.29, 1.82) is 0 Å². The number of alkyl halides is 3. The van der Waals surface area contributed by atoms with E-state index in [9.17, 15) is 18.0 Å². The number of halogens is 3. The summed E-state index contributed by atoms with van der Waals surface area (Å²) in [6.45, 7) is -0.575. The fraction of sp³-hybridized carbons (Fsp3) is 0.300. The zero-order chi connectivity index (χ0) is 21.8. The van der Waals surface area contributed by atoms with E-state index in [-0.39, 0.29) is 18.0 Å². The molecule has 1 aliphatic rings. The summed E-state index contributed by atoms with van der Waals surface area (Å²) < 4.78 is 46.6. The number of carbonyl (C=O) groups is 1. The van der Waals surface area contributed by atoms with Crippen molar-refractivity contribution in [3.63, 3.8) is 0 Å². The van der Waals surface area contributed by atoms with Gasteiger partial charge in [0.2, 0.25) is 0 Å². The molecule has 5 rings (SSSR count). The Kier molecular flexibility index (Phi) is 4.67. The number of morpholine rings is 1. The highest BCUT2D eigenvalue weighted by Gasteiger charge is 2.47. The number of amides is 1. The molecule has 4 aromatic rings. The minimum absolute atomic E-state index is 0.0788. The molecule has 0 aromatic carbocycles. The Bertz CT molecular complexity index is 1300. The van der Waals surface area contributed by atoms with Gasteiger partial charge in [-0.2, -0.15) is 18.3 Å². The lowest BCUT2D eigenvalue weighted by atomic mass is 10.1. The molecule has 7 nitrogen and oxygen atoms in total. The van der Waals surface area contributed by atoms with Crippen molar-refractivity contribution in [1.82, 2.24) is 24.6 Å². The summed E-state index contributed by atoms with van der Waals surface area (Å²) >= 11 is 1.08. The van der Waals surface area contributed by atoms with Gasteiger partial charge in [0.25, 0.3) is 5.91 Å². The minimum Gasteiger partial charge on any atom is -0.377 e. The molecule has 0 N–H and O–H groups in total. The van der Waals surface area contributed by atoms with Gasteiger partial charge in [0, 0.05) is 42.3 Å². The third-order valence-corrected chi connectivity index (χ3v) is 6.16. The van der Waals surface area contributed by atoms with E-state index in [1.54, 1.807) is 29.1 Å². The van der Waals surface area contributed by atoms with Crippen LogP contribution in [0.4, 0.5) is 13.2 Å². The standard InChI is InChI=1S/C20H16F3N5O2S/c1-27-9-13-6-12(8-24-17(13)26-27)14-3-2-11-7-15(31-18(11)25-14)19(29)28-4-5-30-10-16(28)20(21,22)23/h2-3,6-9,16H,4-5,10H2,1H3/t16-/m0/s1. The second-order valence-electron chi connectivity index (χ2n) is 7.27. The number of pyridine rings is 2. The van der Waals surface area contributed by atoms with Gasteiger partial charge in [-0.3, -0.25) is 9.48 Å². The highest BCUT2D eigenvalue weighted by atomic mass is 32.1. The van der Waals surface area contributed by atoms with E-state index in [1.165, 1.54) is 0 Å². The summed E-state index contributed by atoms with van der Waals surface area (Å²) in [4.78, 5) is 23.4. The van der Waals surface area contributed by atoms with E-state index in [0.29, 0.717) is 21.6 Å². The first-order valence-electron chi connectivity index (χ1n) is 9.45. The topological polar surface area (TPSA) is 73.1 Å². The smallest absolute Gasteiger partial charge is 0.377 e. The van der Waals surface area contributed by atoms with Crippen molar-refractivity contribution in [3.05, 3.63) is 41.5 Å². The number of hydrogen-bond donors (Lipinski definition) is 0. The third kappa shape index (κ3) is 3.63. The summed E-state index contributed by atoms with van der Waals surface area (Å²) in [5.41, 5.74) is 2.07. The number of aromatic nitrogens is 4. The van der Waals surface area contributed by atoms with Gasteiger partial charge < -0.3 is 9.64 Å². The van der Waals surface area contributed by atoms with Crippen LogP contribution in [-0.4, -0.2) is 62.5 Å². The lowest BCUT2D eigenvalue weighted by Crippen LogP contribution is -2.55. The van der Waals surface area contributed by atoms with Crippen molar-refractivity contribution in [2.45, 2.75) is 12.2 Å². The zero-order valence-corrected chi connectivity index (χ0v) is 17.1. The molecule has 1 amide bonds. The molecule has 0 radical (unpaired) electrons. The molecule has 11 heteroatoms. The van der Waals surface area contributed by atoms with Crippen LogP contribution in [0.25, 0.3) is 32.5 Å². The molecular weight excluding hydrogens is 431 g/mol. The Morgan fingerprint density at radius 3 is 2.90 bits per heavy atom. The van der Waals surface area contributed by atoms with Gasteiger partial charge in [0.1, 0.15) is 4.83 Å². The number of hydrogen-bond acceptors (Lipinski definition) is 6. The number of thiophene rings is 1. The first-order valence-corrected chi connectivity index (χ1v) is 10.3. The van der Waals surface area contributed by atoms with Crippen molar-refractivity contribution in [2.75, 3.05) is 19.8 Å². The molecule has 0 unspecified atom stereocenters. The van der Waals surface area contributed by atoms with Crippen LogP contribution in [0, 0.1) is 0 Å². The minimum atomic E-state index is -4.55. The van der Waals surface area contributed by atoms with Crippen LogP contribution in [0.3, 0.4) is 0 Å². The predicted molar refractivity (Wildman–Crippen MR) is 109 cm³/mol. The third-order valence-electron chi connectivity index (χ3n) is 5.13. The molecule has 0 spiro atoms. The maximum atomic E-state index is 13.3. The molecule has 1 atom stereocenters. The number of fused-ring (bicyclic) bond motifs is 2. The largest absolute Gasteiger partial charge is 0.411 e. The van der Waals surface area contributed by atoms with Gasteiger partial charge in [0.15, 0.2) is 11.7 Å². The number of ether oxygens (including phenoxy) is 1. The lowest BCUT2D eigenvalue weighted by Gasteiger charge is -2.36. The van der Waals surface area contributed by atoms with Crippen molar-refractivity contribution >= 4 is 38.5 Å². The van der Waals surface area contributed by atoms with Gasteiger partial charge in [0.05, 0.1) is 23.8 Å². The molecule has 0 aliphatic carbocycles. The lowest BCUT2D eigenvalue weighted by molar-refractivity contribution is -0.202. The summed E-state index contributed by atoms with van der Waals surface area (Å²) in [6.07, 6.45) is -1.02. The Morgan fingerprint density at radius 1 is 1.26 bits per heavy atom. The fourth-order valence-corrected chi connectivity index (χ4v) is 4.60. The first kappa shape index (κ1) is 19.9. The van der Waals surface area contributed by atoms with E-state index in [2.05, 4.69) is 15.1 Å². The Balaban J connectivity index is 1.48. The molecule has 1 fully saturated rings. The van der Waals surface area contributed by atoms with Gasteiger partial charge >= 0.3 is 6.18 Å². The monoisotopic (exact) mass is 447 g/mol. The Morgan fingerprint density at radius 2 is 2.10 bits per heavy atom. The molecule has 31 heavy (non-hydrogen) atoms. The molecule has 1 aliphatic heterocycles. The van der Waals surface area contributed by atoms with Gasteiger partial charge in [-0.05, 0) is 24.3 Å². The maximum absolute atomic E-state index is 13.3. The molecule has 160 valence electrons. The Hall–Kier alpha value is -3.05. The van der Waals surface area contributed by atoms with E-state index < -0.39 is 24.7 Å². The van der Waals surface area contributed by atoms with E-state index in [1.807, 2.05) is 19.3 Å². The molecule has 5 heterocycles. The molecular formula is C20H16F3N5O2S. The van der Waals surface area contributed by atoms with Crippen LogP contribution >= 0.6 is 11.3 Å². The van der Waals surface area contributed by atoms with Crippen LogP contribution in [0.15, 0.2) is 36.7 Å². The van der Waals surface area contributed by atoms with Crippen LogP contribution in [0.1, 0.15) is 9.67 Å². The van der Waals surface area contributed by atoms with Crippen molar-refractivity contribution in [2.24, 2.45) is 7.05 Å². The summed E-state index contributed by atoms with van der Waals surface area (Å²) in [5.74, 6) is -0.659. The van der Waals surface area contributed by atoms with E-state index >= 15 is 0 Å². The molecule has 0 bridgehead atoms. The highest BCUT2D eigenvalue weighted by molar-refractivity contribution is 7.20. The van der Waals surface area contributed by atoms with Gasteiger partial charge in [-0.1, -0.05) is 0 Å². The average Bonchev–Trinajstić information content (AvgIpc) is 3.33. The zero-order valence-electron chi connectivity index (χ0n) is 16.3. The number of nitrogens with zero attached hydrogens (tertiary/aromatic N) is 5. The van der Waals surface area contributed by atoms with Gasteiger partial charge in [-0.25, -0.2) is 9.97 Å². The SMILES string of the molecule is Cn1cc2cc(-c3ccc4cc(C(=O)N5CCOC[C@H]5C(F)(F)F)sc4n3)cnc2n1. The fourth-order valence-electron chi connectivity index (χ4n) is 3.62. The van der Waals surface area contributed by atoms with Crippen LogP contribution in [-0.2, 0) is 11.8 Å². The Labute approximate surface area is 178 Å². The molecule has 0 saturated carbocycles. The summed E-state index contributed by atoms with van der Waals surface area (Å²) in [7, 11) is 1.81. The van der Waals surface area contributed by atoms with Crippen LogP contribution in [0.5, 0.6) is 0 Å². The average molecular weight is 447 g/mol. The highest BCUT2D eigenvalue weighted by Crippen LogP contribution is 2.32. The van der Waals surface area contributed by atoms with E-state index in [4.69, 9.17) is 4.74 Å². The van der Waals surface area contributed by atoms with Crippen molar-refractivity contribution < 1.29 is 22.7 Å². The molecule has 4 aromatic heterocycles. The maximum Gasteiger partial charge on any atom is 0.411 e. The number of carbonyl (C=O) groups excluding carboxylic acids is 1. The summed E-state index contributed by atoms with van der Waals surface area (Å²) in [5, 5.41) is 5.81. The first-order chi connectivity index (χ1) is 14.8. The number of aryl methyl sites for hydroxylation is 1. The predicted octanol–water partition coefficient (Wildman–Crippen LogP) is 3.65. The van der Waals surface area contributed by atoms with Gasteiger partial charge in [-0.15, -0.1) is 11.3 Å². The quantitative estimate of drug-likeness (QED) is 0.469. The second-order valence-corrected chi connectivity index (χ2v) is 8.30.